The Balaban J connectivity index is 1.50. The predicted molar refractivity (Wildman–Crippen MR) is 116 cm³/mol. The summed E-state index contributed by atoms with van der Waals surface area (Å²) in [6, 6.07) is 15.8. The summed E-state index contributed by atoms with van der Waals surface area (Å²) in [5.74, 6) is -0.687. The van der Waals surface area contributed by atoms with E-state index in [1.165, 1.54) is 18.3 Å². The number of amides is 1. The van der Waals surface area contributed by atoms with Crippen molar-refractivity contribution < 1.29 is 22.8 Å². The lowest BCUT2D eigenvalue weighted by Gasteiger charge is -2.13. The fourth-order valence-corrected chi connectivity index (χ4v) is 2.70. The highest BCUT2D eigenvalue weighted by Crippen LogP contribution is 2.29. The molecule has 1 amide bonds. The number of alkyl halides is 3. The summed E-state index contributed by atoms with van der Waals surface area (Å²) in [5, 5.41) is 2.67. The normalized spacial score (nSPS) is 10.8. The van der Waals surface area contributed by atoms with Gasteiger partial charge in [-0.2, -0.15) is 17.9 Å². The van der Waals surface area contributed by atoms with E-state index in [1.54, 1.807) is 0 Å². The van der Waals surface area contributed by atoms with Gasteiger partial charge in [0.2, 0.25) is 0 Å². The molecule has 3 rings (SSSR count). The Morgan fingerprint density at radius 1 is 1.00 bits per heavy atom. The first kappa shape index (κ1) is 22.8. The van der Waals surface area contributed by atoms with E-state index in [1.807, 2.05) is 30.3 Å². The van der Waals surface area contributed by atoms with Crippen LogP contribution in [0.4, 0.5) is 18.9 Å². The zero-order chi connectivity index (χ0) is 23.1. The molecule has 0 fully saturated rings. The Morgan fingerprint density at radius 3 is 2.31 bits per heavy atom. The predicted octanol–water partition coefficient (Wildman–Crippen LogP) is 3.13. The molecule has 166 valence electrons. The van der Waals surface area contributed by atoms with Gasteiger partial charge in [-0.25, -0.2) is 0 Å². The maximum Gasteiger partial charge on any atom is 0.416 e. The quantitative estimate of drug-likeness (QED) is 0.399. The van der Waals surface area contributed by atoms with Crippen molar-refractivity contribution in [2.45, 2.75) is 12.8 Å². The van der Waals surface area contributed by atoms with Crippen molar-refractivity contribution in [3.63, 3.8) is 0 Å². The molecule has 0 bridgehead atoms. The summed E-state index contributed by atoms with van der Waals surface area (Å²) in [4.78, 5) is 29.7. The van der Waals surface area contributed by atoms with E-state index in [-0.39, 0.29) is 17.3 Å². The zero-order valence-corrected chi connectivity index (χ0v) is 17.2. The number of halogens is 3. The average molecular weight is 462 g/mol. The van der Waals surface area contributed by atoms with Gasteiger partial charge in [-0.3, -0.25) is 20.4 Å². The molecule has 1 aromatic heterocycles. The Morgan fingerprint density at radius 2 is 1.69 bits per heavy atom. The molecular weight excluding hydrogens is 445 g/mol. The number of nitrogens with zero attached hydrogens (tertiary/aromatic N) is 1. The number of pyridine rings is 1. The maximum atomic E-state index is 12.6. The molecule has 3 aromatic rings. The van der Waals surface area contributed by atoms with Crippen molar-refractivity contribution >= 4 is 28.9 Å². The highest BCUT2D eigenvalue weighted by molar-refractivity contribution is 7.80. The number of carbonyl (C=O) groups is 1. The van der Waals surface area contributed by atoms with Crippen LogP contribution in [0.1, 0.15) is 21.5 Å². The van der Waals surface area contributed by atoms with Crippen molar-refractivity contribution in [3.8, 4) is 0 Å². The molecule has 0 unspecified atom stereocenters. The molecule has 0 aliphatic carbocycles. The number of aromatic nitrogens is 1. The van der Waals surface area contributed by atoms with Crippen molar-refractivity contribution in [1.82, 2.24) is 15.6 Å². The van der Waals surface area contributed by atoms with Crippen LogP contribution in [0.25, 0.3) is 0 Å². The lowest BCUT2D eigenvalue weighted by atomic mass is 10.1. The lowest BCUT2D eigenvalue weighted by Crippen LogP contribution is -2.43. The molecule has 0 spiro atoms. The number of hydrogen-bond donors (Lipinski definition) is 3. The molecule has 11 heteroatoms. The molecule has 0 atom stereocenters. The second kappa shape index (κ2) is 9.96. The van der Waals surface area contributed by atoms with Gasteiger partial charge >= 0.3 is 6.18 Å². The van der Waals surface area contributed by atoms with Gasteiger partial charge in [0.1, 0.15) is 6.61 Å². The molecule has 0 aliphatic rings. The lowest BCUT2D eigenvalue weighted by molar-refractivity contribution is -0.137. The van der Waals surface area contributed by atoms with Gasteiger partial charge < -0.3 is 10.2 Å². The molecule has 1 heterocycles. The van der Waals surface area contributed by atoms with Gasteiger partial charge in [0, 0.05) is 23.5 Å². The van der Waals surface area contributed by atoms with E-state index in [9.17, 15) is 22.8 Å². The highest BCUT2D eigenvalue weighted by Gasteiger charge is 2.30. The average Bonchev–Trinajstić information content (AvgIpc) is 2.77. The van der Waals surface area contributed by atoms with E-state index in [2.05, 4.69) is 16.2 Å². The molecule has 32 heavy (non-hydrogen) atoms. The maximum absolute atomic E-state index is 12.6. The number of hydrazine groups is 1. The van der Waals surface area contributed by atoms with Crippen LogP contribution in [0.3, 0.4) is 0 Å². The van der Waals surface area contributed by atoms with Crippen molar-refractivity contribution in [2.75, 3.05) is 5.32 Å². The van der Waals surface area contributed by atoms with Crippen LogP contribution in [0, 0.1) is 0 Å². The first-order valence-corrected chi connectivity index (χ1v) is 9.58. The molecule has 2 aromatic carbocycles. The van der Waals surface area contributed by atoms with E-state index >= 15 is 0 Å². The van der Waals surface area contributed by atoms with Gasteiger partial charge in [0.15, 0.2) is 5.11 Å². The standard InChI is InChI=1S/C21H17F3N4O3S/c22-21(23,24)16-8-6-15(7-9-16)19(30)26-27-20(32)25-17-10-11-28(18(29)12-17)31-13-14-4-2-1-3-5-14/h1-12H,13H2,(H,26,30)(H2,25,27,32). The van der Waals surface area contributed by atoms with Gasteiger partial charge in [0.25, 0.3) is 11.5 Å². The summed E-state index contributed by atoms with van der Waals surface area (Å²) in [6.07, 6.45) is -3.07. The Bertz CT molecular complexity index is 1150. The molecular formula is C21H17F3N4O3S. The van der Waals surface area contributed by atoms with Gasteiger partial charge in [0.05, 0.1) is 5.56 Å². The summed E-state index contributed by atoms with van der Waals surface area (Å²) in [5.41, 5.74) is 4.62. The first-order valence-electron chi connectivity index (χ1n) is 9.17. The fourth-order valence-electron chi connectivity index (χ4n) is 2.53. The van der Waals surface area contributed by atoms with Crippen LogP contribution in [-0.2, 0) is 12.8 Å². The van der Waals surface area contributed by atoms with Gasteiger partial charge in [-0.15, -0.1) is 0 Å². The van der Waals surface area contributed by atoms with E-state index in [0.717, 1.165) is 34.6 Å². The Labute approximate surface area is 185 Å². The molecule has 0 aliphatic heterocycles. The minimum atomic E-state index is -4.49. The van der Waals surface area contributed by atoms with Crippen LogP contribution in [-0.4, -0.2) is 15.8 Å². The van der Waals surface area contributed by atoms with E-state index < -0.39 is 23.2 Å². The second-order valence-electron chi connectivity index (χ2n) is 6.45. The first-order chi connectivity index (χ1) is 15.2. The van der Waals surface area contributed by atoms with Crippen LogP contribution < -0.4 is 26.6 Å². The number of carbonyl (C=O) groups excluding carboxylic acids is 1. The molecule has 0 saturated heterocycles. The van der Waals surface area contributed by atoms with Crippen LogP contribution in [0.5, 0.6) is 0 Å². The fraction of sp³-hybridized carbons (Fsp3) is 0.0952. The summed E-state index contributed by atoms with van der Waals surface area (Å²) in [7, 11) is 0. The number of anilines is 1. The number of rotatable bonds is 5. The molecule has 0 radical (unpaired) electrons. The summed E-state index contributed by atoms with van der Waals surface area (Å²) in [6.45, 7) is 0.212. The summed E-state index contributed by atoms with van der Waals surface area (Å²) < 4.78 is 38.8. The van der Waals surface area contributed by atoms with Crippen molar-refractivity contribution in [3.05, 3.63) is 100.0 Å². The molecule has 7 nitrogen and oxygen atoms in total. The van der Waals surface area contributed by atoms with Gasteiger partial charge in [-0.1, -0.05) is 30.3 Å². The van der Waals surface area contributed by atoms with Crippen LogP contribution in [0.2, 0.25) is 0 Å². The van der Waals surface area contributed by atoms with Crippen LogP contribution >= 0.6 is 12.2 Å². The number of thiocarbonyl (C=S) groups is 1. The zero-order valence-electron chi connectivity index (χ0n) is 16.3. The Hall–Kier alpha value is -3.86. The highest BCUT2D eigenvalue weighted by atomic mass is 32.1. The minimum Gasteiger partial charge on any atom is -0.406 e. The summed E-state index contributed by atoms with van der Waals surface area (Å²) >= 11 is 5.04. The third-order valence-corrected chi connectivity index (χ3v) is 4.32. The monoisotopic (exact) mass is 462 g/mol. The topological polar surface area (TPSA) is 84.4 Å². The minimum absolute atomic E-state index is 0.00598. The second-order valence-corrected chi connectivity index (χ2v) is 6.86. The van der Waals surface area contributed by atoms with Crippen LogP contribution in [0.15, 0.2) is 77.7 Å². The third kappa shape index (κ3) is 6.32. The molecule has 0 saturated carbocycles. The van der Waals surface area contributed by atoms with E-state index in [4.69, 9.17) is 17.1 Å². The largest absolute Gasteiger partial charge is 0.416 e. The Kier molecular flexibility index (Phi) is 7.11. The number of benzene rings is 2. The van der Waals surface area contributed by atoms with Crippen molar-refractivity contribution in [2.24, 2.45) is 0 Å². The van der Waals surface area contributed by atoms with Crippen molar-refractivity contribution in [1.29, 1.82) is 0 Å². The molecule has 3 N–H and O–H groups in total. The smallest absolute Gasteiger partial charge is 0.406 e. The third-order valence-electron chi connectivity index (χ3n) is 4.12. The SMILES string of the molecule is O=C(NNC(=S)Nc1ccn(OCc2ccccc2)c(=O)c1)c1ccc(C(F)(F)F)cc1. The number of hydrogen-bond acceptors (Lipinski definition) is 4. The van der Waals surface area contributed by atoms with Gasteiger partial charge in [-0.05, 0) is 48.1 Å². The van der Waals surface area contributed by atoms with E-state index in [0.29, 0.717) is 5.69 Å². The number of nitrogens with one attached hydrogen (secondary N) is 3.